The molecule has 0 bridgehead atoms. The first kappa shape index (κ1) is 12.8. The van der Waals surface area contributed by atoms with E-state index >= 15 is 0 Å². The lowest BCUT2D eigenvalue weighted by atomic mass is 10.2. The van der Waals surface area contributed by atoms with E-state index < -0.39 is 0 Å². The Balaban J connectivity index is 2.28. The molecule has 1 amide bonds. The van der Waals surface area contributed by atoms with Crippen molar-refractivity contribution in [2.45, 2.75) is 6.92 Å². The summed E-state index contributed by atoms with van der Waals surface area (Å²) in [4.78, 5) is 11.1. The molecule has 19 heavy (non-hydrogen) atoms. The van der Waals surface area contributed by atoms with Crippen molar-refractivity contribution in [2.75, 3.05) is 5.32 Å². The number of nitrogens with zero attached hydrogens (tertiary/aromatic N) is 2. The number of azo groups is 1. The second-order valence-electron chi connectivity index (χ2n) is 3.89. The quantitative estimate of drug-likeness (QED) is 0.819. The molecule has 0 aliphatic carbocycles. The van der Waals surface area contributed by atoms with Crippen LogP contribution in [0.4, 0.5) is 17.1 Å². The summed E-state index contributed by atoms with van der Waals surface area (Å²) >= 11 is 0. The van der Waals surface area contributed by atoms with Crippen LogP contribution in [0.2, 0.25) is 0 Å². The first-order chi connectivity index (χ1) is 9.16. The maximum Gasteiger partial charge on any atom is 0.221 e. The van der Waals surface area contributed by atoms with Gasteiger partial charge in [0.2, 0.25) is 5.91 Å². The van der Waals surface area contributed by atoms with Gasteiger partial charge in [-0.05, 0) is 24.3 Å². The minimum Gasteiger partial charge on any atom is -0.506 e. The molecule has 0 aliphatic rings. The number of hydrogen-bond donors (Lipinski definition) is 2. The monoisotopic (exact) mass is 255 g/mol. The van der Waals surface area contributed by atoms with Crippen molar-refractivity contribution in [3.05, 3.63) is 48.5 Å². The number of amides is 1. The van der Waals surface area contributed by atoms with Crippen molar-refractivity contribution < 1.29 is 9.90 Å². The average molecular weight is 255 g/mol. The molecule has 2 aromatic carbocycles. The molecule has 0 radical (unpaired) electrons. The van der Waals surface area contributed by atoms with E-state index in [1.165, 1.54) is 13.0 Å². The zero-order chi connectivity index (χ0) is 13.7. The van der Waals surface area contributed by atoms with Gasteiger partial charge in [0, 0.05) is 6.92 Å². The number of rotatable bonds is 3. The van der Waals surface area contributed by atoms with E-state index in [1.807, 2.05) is 0 Å². The molecule has 2 N–H and O–H groups in total. The van der Waals surface area contributed by atoms with Crippen LogP contribution in [0.5, 0.6) is 5.75 Å². The normalized spacial score (nSPS) is 10.6. The largest absolute Gasteiger partial charge is 0.506 e. The Hall–Kier alpha value is -2.69. The predicted molar refractivity (Wildman–Crippen MR) is 73.0 cm³/mol. The van der Waals surface area contributed by atoms with Crippen molar-refractivity contribution in [1.29, 1.82) is 0 Å². The Labute approximate surface area is 110 Å². The van der Waals surface area contributed by atoms with Gasteiger partial charge in [-0.1, -0.05) is 24.3 Å². The molecule has 0 heterocycles. The Morgan fingerprint density at radius 3 is 2.26 bits per heavy atom. The molecule has 5 nitrogen and oxygen atoms in total. The van der Waals surface area contributed by atoms with Gasteiger partial charge in [-0.25, -0.2) is 0 Å². The van der Waals surface area contributed by atoms with E-state index in [0.29, 0.717) is 17.1 Å². The SMILES string of the molecule is CC(=O)Nc1ccccc1N=Nc1ccccc1O. The Bertz CT molecular complexity index is 624. The van der Waals surface area contributed by atoms with Crippen LogP contribution in [0, 0.1) is 0 Å². The Morgan fingerprint density at radius 2 is 1.58 bits per heavy atom. The molecule has 2 rings (SSSR count). The van der Waals surface area contributed by atoms with E-state index in [2.05, 4.69) is 15.5 Å². The van der Waals surface area contributed by atoms with Gasteiger partial charge in [-0.3, -0.25) is 4.79 Å². The Kier molecular flexibility index (Phi) is 3.87. The van der Waals surface area contributed by atoms with Crippen molar-refractivity contribution in [3.63, 3.8) is 0 Å². The van der Waals surface area contributed by atoms with Gasteiger partial charge < -0.3 is 10.4 Å². The van der Waals surface area contributed by atoms with Crippen molar-refractivity contribution in [2.24, 2.45) is 10.2 Å². The molecule has 2 aromatic rings. The Morgan fingerprint density at radius 1 is 1.00 bits per heavy atom. The van der Waals surface area contributed by atoms with E-state index in [9.17, 15) is 9.90 Å². The number of para-hydroxylation sites is 2. The molecule has 96 valence electrons. The molecule has 0 saturated carbocycles. The molecule has 0 saturated heterocycles. The second-order valence-corrected chi connectivity index (χ2v) is 3.89. The number of phenolic OH excluding ortho intramolecular Hbond substituents is 1. The van der Waals surface area contributed by atoms with E-state index in [0.717, 1.165) is 0 Å². The van der Waals surface area contributed by atoms with E-state index in [-0.39, 0.29) is 11.7 Å². The van der Waals surface area contributed by atoms with E-state index in [4.69, 9.17) is 0 Å². The van der Waals surface area contributed by atoms with Gasteiger partial charge in [0.1, 0.15) is 17.1 Å². The molecular weight excluding hydrogens is 242 g/mol. The fourth-order valence-electron chi connectivity index (χ4n) is 1.51. The lowest BCUT2D eigenvalue weighted by Gasteiger charge is -2.04. The molecule has 0 aromatic heterocycles. The highest BCUT2D eigenvalue weighted by Crippen LogP contribution is 2.30. The number of carbonyl (C=O) groups excluding carboxylic acids is 1. The highest BCUT2D eigenvalue weighted by atomic mass is 16.3. The summed E-state index contributed by atoms with van der Waals surface area (Å²) in [5, 5.41) is 20.3. The number of benzene rings is 2. The number of aromatic hydroxyl groups is 1. The second kappa shape index (κ2) is 5.77. The third kappa shape index (κ3) is 3.38. The number of anilines is 1. The summed E-state index contributed by atoms with van der Waals surface area (Å²) in [5.41, 5.74) is 1.48. The van der Waals surface area contributed by atoms with Crippen LogP contribution in [0.15, 0.2) is 58.8 Å². The van der Waals surface area contributed by atoms with Gasteiger partial charge >= 0.3 is 0 Å². The van der Waals surface area contributed by atoms with Crippen LogP contribution in [0.25, 0.3) is 0 Å². The van der Waals surface area contributed by atoms with Crippen molar-refractivity contribution in [3.8, 4) is 5.75 Å². The zero-order valence-corrected chi connectivity index (χ0v) is 10.4. The minimum atomic E-state index is -0.176. The molecule has 0 spiro atoms. The van der Waals surface area contributed by atoms with Crippen molar-refractivity contribution >= 4 is 23.0 Å². The highest BCUT2D eigenvalue weighted by Gasteiger charge is 2.02. The van der Waals surface area contributed by atoms with Crippen molar-refractivity contribution in [1.82, 2.24) is 0 Å². The van der Waals surface area contributed by atoms with Gasteiger partial charge in [0.05, 0.1) is 5.69 Å². The summed E-state index contributed by atoms with van der Waals surface area (Å²) in [6.07, 6.45) is 0. The third-order valence-corrected chi connectivity index (χ3v) is 2.36. The first-order valence-electron chi connectivity index (χ1n) is 5.73. The number of carbonyl (C=O) groups is 1. The summed E-state index contributed by atoms with van der Waals surface area (Å²) < 4.78 is 0. The maximum absolute atomic E-state index is 11.1. The third-order valence-electron chi connectivity index (χ3n) is 2.36. The topological polar surface area (TPSA) is 74.0 Å². The lowest BCUT2D eigenvalue weighted by Crippen LogP contribution is -2.05. The fraction of sp³-hybridized carbons (Fsp3) is 0.0714. The maximum atomic E-state index is 11.1. The van der Waals surface area contributed by atoms with Crippen LogP contribution >= 0.6 is 0 Å². The molecule has 0 aliphatic heterocycles. The highest BCUT2D eigenvalue weighted by molar-refractivity contribution is 5.91. The minimum absolute atomic E-state index is 0.0586. The molecule has 0 unspecified atom stereocenters. The lowest BCUT2D eigenvalue weighted by molar-refractivity contribution is -0.114. The number of phenols is 1. The standard InChI is InChI=1S/C14H13N3O2/c1-10(18)15-11-6-2-3-7-12(11)16-17-13-8-4-5-9-14(13)19/h2-9,19H,1H3,(H,15,18). The van der Waals surface area contributed by atoms with Crippen LogP contribution in [0.3, 0.4) is 0 Å². The smallest absolute Gasteiger partial charge is 0.221 e. The number of hydrogen-bond acceptors (Lipinski definition) is 4. The fourth-order valence-corrected chi connectivity index (χ4v) is 1.51. The van der Waals surface area contributed by atoms with Gasteiger partial charge in [-0.2, -0.15) is 0 Å². The van der Waals surface area contributed by atoms with Crippen LogP contribution < -0.4 is 5.32 Å². The van der Waals surface area contributed by atoms with Gasteiger partial charge in [0.25, 0.3) is 0 Å². The van der Waals surface area contributed by atoms with Gasteiger partial charge in [0.15, 0.2) is 0 Å². The first-order valence-corrected chi connectivity index (χ1v) is 5.73. The molecule has 0 atom stereocenters. The number of nitrogens with one attached hydrogen (secondary N) is 1. The zero-order valence-electron chi connectivity index (χ0n) is 10.4. The molecular formula is C14H13N3O2. The molecule has 5 heteroatoms. The summed E-state index contributed by atoms with van der Waals surface area (Å²) in [7, 11) is 0. The summed E-state index contributed by atoms with van der Waals surface area (Å²) in [5.74, 6) is -0.117. The van der Waals surface area contributed by atoms with E-state index in [1.54, 1.807) is 42.5 Å². The van der Waals surface area contributed by atoms with Gasteiger partial charge in [-0.15, -0.1) is 10.2 Å². The van der Waals surface area contributed by atoms with Crippen LogP contribution in [-0.2, 0) is 4.79 Å². The molecule has 0 fully saturated rings. The van der Waals surface area contributed by atoms with Crippen LogP contribution in [0.1, 0.15) is 6.92 Å². The summed E-state index contributed by atoms with van der Waals surface area (Å²) in [6, 6.07) is 13.7. The summed E-state index contributed by atoms with van der Waals surface area (Å²) in [6.45, 7) is 1.43. The van der Waals surface area contributed by atoms with Crippen LogP contribution in [-0.4, -0.2) is 11.0 Å². The average Bonchev–Trinajstić information content (AvgIpc) is 2.39. The predicted octanol–water partition coefficient (Wildman–Crippen LogP) is 3.77.